The third-order valence-corrected chi connectivity index (χ3v) is 2.24. The summed E-state index contributed by atoms with van der Waals surface area (Å²) in [6.07, 6.45) is 0. The van der Waals surface area contributed by atoms with E-state index in [1.807, 2.05) is 12.1 Å². The maximum Gasteiger partial charge on any atom is 0.119 e. The summed E-state index contributed by atoms with van der Waals surface area (Å²) in [7, 11) is 1.70. The van der Waals surface area contributed by atoms with Gasteiger partial charge < -0.3 is 10.1 Å². The van der Waals surface area contributed by atoms with Gasteiger partial charge in [-0.2, -0.15) is 0 Å². The Morgan fingerprint density at radius 1 is 1.27 bits per heavy atom. The third kappa shape index (κ3) is 3.92. The summed E-state index contributed by atoms with van der Waals surface area (Å²) in [5, 5.41) is 3.53. The molecule has 15 heavy (non-hydrogen) atoms. The Morgan fingerprint density at radius 3 is 2.47 bits per heavy atom. The van der Waals surface area contributed by atoms with E-state index in [1.54, 1.807) is 7.11 Å². The molecule has 0 heterocycles. The summed E-state index contributed by atoms with van der Waals surface area (Å²) in [6.45, 7) is 8.68. The molecule has 0 spiro atoms. The van der Waals surface area contributed by atoms with Gasteiger partial charge >= 0.3 is 0 Å². The average molecular weight is 207 g/mol. The predicted molar refractivity (Wildman–Crippen MR) is 64.3 cm³/mol. The van der Waals surface area contributed by atoms with Crippen molar-refractivity contribution in [3.8, 4) is 5.75 Å². The van der Waals surface area contributed by atoms with E-state index < -0.39 is 0 Å². The topological polar surface area (TPSA) is 21.3 Å². The monoisotopic (exact) mass is 207 g/mol. The lowest BCUT2D eigenvalue weighted by molar-refractivity contribution is 0.375. The van der Waals surface area contributed by atoms with Gasteiger partial charge in [-0.15, -0.1) is 0 Å². The van der Waals surface area contributed by atoms with E-state index in [2.05, 4.69) is 45.1 Å². The van der Waals surface area contributed by atoms with E-state index in [9.17, 15) is 0 Å². The summed E-state index contributed by atoms with van der Waals surface area (Å²) in [5.74, 6) is 0.912. The van der Waals surface area contributed by atoms with Crippen LogP contribution < -0.4 is 10.1 Å². The van der Waals surface area contributed by atoms with Crippen LogP contribution in [0.25, 0.3) is 0 Å². The molecule has 0 aliphatic carbocycles. The smallest absolute Gasteiger partial charge is 0.119 e. The number of benzene rings is 1. The third-order valence-electron chi connectivity index (χ3n) is 2.24. The molecule has 0 aromatic heterocycles. The summed E-state index contributed by atoms with van der Waals surface area (Å²) < 4.78 is 5.21. The number of hydrogen-bond donors (Lipinski definition) is 1. The molecule has 0 bridgehead atoms. The highest BCUT2D eigenvalue weighted by Crippen LogP contribution is 2.20. The van der Waals surface area contributed by atoms with Crippen molar-refractivity contribution in [2.45, 2.75) is 39.3 Å². The SMILES string of the molecule is COc1cccc([C@@H](C)NC(C)(C)C)c1. The molecule has 1 aromatic carbocycles. The zero-order chi connectivity index (χ0) is 11.5. The molecular formula is C13H21NO. The number of nitrogens with one attached hydrogen (secondary N) is 1. The lowest BCUT2D eigenvalue weighted by Gasteiger charge is -2.26. The van der Waals surface area contributed by atoms with E-state index >= 15 is 0 Å². The van der Waals surface area contributed by atoms with Crippen molar-refractivity contribution in [1.82, 2.24) is 5.32 Å². The van der Waals surface area contributed by atoms with Crippen LogP contribution in [0.4, 0.5) is 0 Å². The van der Waals surface area contributed by atoms with Crippen LogP contribution in [-0.4, -0.2) is 12.6 Å². The minimum Gasteiger partial charge on any atom is -0.497 e. The second-order valence-corrected chi connectivity index (χ2v) is 4.89. The Kier molecular flexibility index (Phi) is 3.75. The standard InChI is InChI=1S/C13H21NO/c1-10(14-13(2,3)4)11-7-6-8-12(9-11)15-5/h6-10,14H,1-5H3/t10-/m1/s1. The van der Waals surface area contributed by atoms with Gasteiger partial charge in [0.1, 0.15) is 5.75 Å². The van der Waals surface area contributed by atoms with Crippen LogP contribution in [0.15, 0.2) is 24.3 Å². The lowest BCUT2D eigenvalue weighted by atomic mass is 10.0. The fraction of sp³-hybridized carbons (Fsp3) is 0.538. The van der Waals surface area contributed by atoms with Gasteiger partial charge in [0, 0.05) is 11.6 Å². The zero-order valence-corrected chi connectivity index (χ0v) is 10.3. The quantitative estimate of drug-likeness (QED) is 0.822. The van der Waals surface area contributed by atoms with Crippen LogP contribution in [-0.2, 0) is 0 Å². The Morgan fingerprint density at radius 2 is 1.93 bits per heavy atom. The molecule has 2 nitrogen and oxygen atoms in total. The van der Waals surface area contributed by atoms with Gasteiger partial charge in [0.05, 0.1) is 7.11 Å². The number of methoxy groups -OCH3 is 1. The Bertz CT molecular complexity index is 315. The van der Waals surface area contributed by atoms with Crippen molar-refractivity contribution >= 4 is 0 Å². The first kappa shape index (κ1) is 12.1. The molecule has 0 fully saturated rings. The highest BCUT2D eigenvalue weighted by molar-refractivity contribution is 5.30. The number of hydrogen-bond acceptors (Lipinski definition) is 2. The first-order valence-corrected chi connectivity index (χ1v) is 5.34. The zero-order valence-electron chi connectivity index (χ0n) is 10.3. The molecule has 84 valence electrons. The Balaban J connectivity index is 2.77. The molecule has 0 saturated carbocycles. The molecule has 0 unspecified atom stereocenters. The van der Waals surface area contributed by atoms with Crippen LogP contribution >= 0.6 is 0 Å². The van der Waals surface area contributed by atoms with Crippen LogP contribution in [0.2, 0.25) is 0 Å². The predicted octanol–water partition coefficient (Wildman–Crippen LogP) is 3.14. The summed E-state index contributed by atoms with van der Waals surface area (Å²) in [6, 6.07) is 8.51. The number of rotatable bonds is 3. The number of ether oxygens (including phenoxy) is 1. The normalized spacial score (nSPS) is 13.7. The fourth-order valence-electron chi connectivity index (χ4n) is 1.64. The van der Waals surface area contributed by atoms with Crippen molar-refractivity contribution in [2.24, 2.45) is 0 Å². The first-order chi connectivity index (χ1) is 6.92. The first-order valence-electron chi connectivity index (χ1n) is 5.34. The van der Waals surface area contributed by atoms with Crippen molar-refractivity contribution in [3.05, 3.63) is 29.8 Å². The minimum absolute atomic E-state index is 0.127. The van der Waals surface area contributed by atoms with Crippen LogP contribution in [0.3, 0.4) is 0 Å². The van der Waals surface area contributed by atoms with Crippen molar-refractivity contribution in [2.75, 3.05) is 7.11 Å². The molecule has 1 N–H and O–H groups in total. The van der Waals surface area contributed by atoms with Gasteiger partial charge in [-0.25, -0.2) is 0 Å². The van der Waals surface area contributed by atoms with Crippen molar-refractivity contribution in [1.29, 1.82) is 0 Å². The molecule has 0 aliphatic heterocycles. The average Bonchev–Trinajstić information content (AvgIpc) is 2.15. The molecule has 0 aliphatic rings. The van der Waals surface area contributed by atoms with E-state index in [0.717, 1.165) is 5.75 Å². The largest absolute Gasteiger partial charge is 0.497 e. The summed E-state index contributed by atoms with van der Waals surface area (Å²) in [4.78, 5) is 0. The van der Waals surface area contributed by atoms with Gasteiger partial charge in [0.15, 0.2) is 0 Å². The van der Waals surface area contributed by atoms with Gasteiger partial charge in [-0.05, 0) is 45.4 Å². The minimum atomic E-state index is 0.127. The second kappa shape index (κ2) is 4.67. The van der Waals surface area contributed by atoms with Gasteiger partial charge in [0.2, 0.25) is 0 Å². The fourth-order valence-corrected chi connectivity index (χ4v) is 1.64. The Labute approximate surface area is 92.6 Å². The molecule has 1 rings (SSSR count). The molecule has 2 heteroatoms. The molecule has 0 amide bonds. The van der Waals surface area contributed by atoms with E-state index in [1.165, 1.54) is 5.56 Å². The van der Waals surface area contributed by atoms with Gasteiger partial charge in [-0.1, -0.05) is 12.1 Å². The molecule has 1 atom stereocenters. The highest BCUT2D eigenvalue weighted by Gasteiger charge is 2.14. The lowest BCUT2D eigenvalue weighted by Crippen LogP contribution is -2.37. The molecule has 0 radical (unpaired) electrons. The molecule has 0 saturated heterocycles. The maximum absolute atomic E-state index is 5.21. The van der Waals surface area contributed by atoms with Crippen molar-refractivity contribution < 1.29 is 4.74 Å². The summed E-state index contributed by atoms with van der Waals surface area (Å²) >= 11 is 0. The molecular weight excluding hydrogens is 186 g/mol. The van der Waals surface area contributed by atoms with Gasteiger partial charge in [0.25, 0.3) is 0 Å². The molecule has 1 aromatic rings. The van der Waals surface area contributed by atoms with Crippen LogP contribution in [0.5, 0.6) is 5.75 Å². The Hall–Kier alpha value is -1.02. The van der Waals surface area contributed by atoms with E-state index in [-0.39, 0.29) is 5.54 Å². The van der Waals surface area contributed by atoms with Crippen molar-refractivity contribution in [3.63, 3.8) is 0 Å². The van der Waals surface area contributed by atoms with Crippen LogP contribution in [0, 0.1) is 0 Å². The second-order valence-electron chi connectivity index (χ2n) is 4.89. The summed E-state index contributed by atoms with van der Waals surface area (Å²) in [5.41, 5.74) is 1.38. The highest BCUT2D eigenvalue weighted by atomic mass is 16.5. The van der Waals surface area contributed by atoms with E-state index in [0.29, 0.717) is 6.04 Å². The van der Waals surface area contributed by atoms with E-state index in [4.69, 9.17) is 4.74 Å². The van der Waals surface area contributed by atoms with Gasteiger partial charge in [-0.3, -0.25) is 0 Å². The maximum atomic E-state index is 5.21. The van der Waals surface area contributed by atoms with Crippen LogP contribution in [0.1, 0.15) is 39.3 Å².